The second kappa shape index (κ2) is 9.63. The zero-order valence-electron chi connectivity index (χ0n) is 15.6. The topological polar surface area (TPSA) is 107 Å². The van der Waals surface area contributed by atoms with Crippen LogP contribution >= 0.6 is 0 Å². The third-order valence-electron chi connectivity index (χ3n) is 3.73. The number of carbonyl (C=O) groups excluding carboxylic acids is 3. The van der Waals surface area contributed by atoms with E-state index in [-0.39, 0.29) is 12.5 Å². The summed E-state index contributed by atoms with van der Waals surface area (Å²) in [6.45, 7) is 3.97. The number of carbonyl (C=O) groups is 3. The summed E-state index contributed by atoms with van der Waals surface area (Å²) in [6.07, 6.45) is 0. The largest absolute Gasteiger partial charge is 0.452 e. The van der Waals surface area contributed by atoms with Crippen molar-refractivity contribution in [3.05, 3.63) is 41.6 Å². The first-order valence-electron chi connectivity index (χ1n) is 8.55. The average Bonchev–Trinajstić information content (AvgIpc) is 2.65. The summed E-state index contributed by atoms with van der Waals surface area (Å²) in [4.78, 5) is 40.3. The molecule has 0 atom stereocenters. The van der Waals surface area contributed by atoms with Gasteiger partial charge in [-0.05, 0) is 18.1 Å². The van der Waals surface area contributed by atoms with E-state index in [0.717, 1.165) is 5.69 Å². The van der Waals surface area contributed by atoms with Crippen molar-refractivity contribution >= 4 is 28.8 Å². The van der Waals surface area contributed by atoms with E-state index in [2.05, 4.69) is 15.6 Å². The van der Waals surface area contributed by atoms with Crippen molar-refractivity contribution < 1.29 is 23.9 Å². The number of urea groups is 1. The molecule has 8 nitrogen and oxygen atoms in total. The van der Waals surface area contributed by atoms with E-state index < -0.39 is 24.5 Å². The molecule has 0 saturated heterocycles. The Morgan fingerprint density at radius 3 is 2.63 bits per heavy atom. The molecule has 0 fully saturated rings. The minimum absolute atomic E-state index is 0.125. The summed E-state index contributed by atoms with van der Waals surface area (Å²) in [7, 11) is 1.50. The standard InChI is InChI=1S/C19H23N3O5/c1-12(2)16-10-14(13-6-4-5-7-15(13)21-16)18(24)27-11-17(23)22-19(25)20-8-9-26-3/h4-7,10,12H,8-9,11H2,1-3H3,(H2,20,22,23,25). The van der Waals surface area contributed by atoms with Crippen molar-refractivity contribution in [2.45, 2.75) is 19.8 Å². The smallest absolute Gasteiger partial charge is 0.339 e. The Kier molecular flexibility index (Phi) is 7.25. The fourth-order valence-electron chi connectivity index (χ4n) is 2.34. The molecule has 2 N–H and O–H groups in total. The van der Waals surface area contributed by atoms with Gasteiger partial charge < -0.3 is 14.8 Å². The van der Waals surface area contributed by atoms with Crippen LogP contribution in [-0.2, 0) is 14.3 Å². The molecule has 1 aromatic carbocycles. The van der Waals surface area contributed by atoms with Gasteiger partial charge >= 0.3 is 12.0 Å². The second-order valence-corrected chi connectivity index (χ2v) is 6.14. The van der Waals surface area contributed by atoms with Crippen LogP contribution < -0.4 is 10.6 Å². The fraction of sp³-hybridized carbons (Fsp3) is 0.368. The summed E-state index contributed by atoms with van der Waals surface area (Å²) in [5, 5.41) is 5.15. The highest BCUT2D eigenvalue weighted by Gasteiger charge is 2.17. The molecule has 0 bridgehead atoms. The lowest BCUT2D eigenvalue weighted by Crippen LogP contribution is -2.42. The summed E-state index contributed by atoms with van der Waals surface area (Å²) in [5.41, 5.74) is 1.77. The molecule has 0 saturated carbocycles. The van der Waals surface area contributed by atoms with Crippen LogP contribution in [0.25, 0.3) is 10.9 Å². The van der Waals surface area contributed by atoms with Gasteiger partial charge in [-0.25, -0.2) is 9.59 Å². The Bertz CT molecular complexity index is 835. The predicted molar refractivity (Wildman–Crippen MR) is 99.5 cm³/mol. The number of pyridine rings is 1. The minimum Gasteiger partial charge on any atom is -0.452 e. The summed E-state index contributed by atoms with van der Waals surface area (Å²) < 4.78 is 9.86. The van der Waals surface area contributed by atoms with Crippen LogP contribution in [0.5, 0.6) is 0 Å². The van der Waals surface area contributed by atoms with Crippen molar-refractivity contribution in [1.82, 2.24) is 15.6 Å². The molecule has 144 valence electrons. The number of hydrogen-bond donors (Lipinski definition) is 2. The number of methoxy groups -OCH3 is 1. The molecule has 27 heavy (non-hydrogen) atoms. The molecule has 3 amide bonds. The third-order valence-corrected chi connectivity index (χ3v) is 3.73. The number of rotatable bonds is 7. The van der Waals surface area contributed by atoms with Crippen LogP contribution in [-0.4, -0.2) is 49.8 Å². The second-order valence-electron chi connectivity index (χ2n) is 6.14. The number of esters is 1. The Morgan fingerprint density at radius 2 is 1.93 bits per heavy atom. The molecule has 2 aromatic rings. The van der Waals surface area contributed by atoms with Crippen LogP contribution in [0.15, 0.2) is 30.3 Å². The Labute approximate surface area is 157 Å². The zero-order valence-corrected chi connectivity index (χ0v) is 15.6. The van der Waals surface area contributed by atoms with Gasteiger partial charge in [0.15, 0.2) is 6.61 Å². The highest BCUT2D eigenvalue weighted by molar-refractivity contribution is 6.04. The first-order chi connectivity index (χ1) is 12.9. The fourth-order valence-corrected chi connectivity index (χ4v) is 2.34. The molecule has 1 heterocycles. The number of ether oxygens (including phenoxy) is 2. The van der Waals surface area contributed by atoms with Gasteiger partial charge in [0.05, 0.1) is 17.7 Å². The van der Waals surface area contributed by atoms with E-state index >= 15 is 0 Å². The average molecular weight is 373 g/mol. The molecule has 0 aliphatic carbocycles. The molecule has 0 unspecified atom stereocenters. The molecule has 0 spiro atoms. The number of fused-ring (bicyclic) bond motifs is 1. The summed E-state index contributed by atoms with van der Waals surface area (Å²) in [6, 6.07) is 8.22. The summed E-state index contributed by atoms with van der Waals surface area (Å²) in [5.74, 6) is -1.24. The lowest BCUT2D eigenvalue weighted by molar-refractivity contribution is -0.123. The maximum Gasteiger partial charge on any atom is 0.339 e. The molecule has 8 heteroatoms. The minimum atomic E-state index is -0.722. The van der Waals surface area contributed by atoms with Gasteiger partial charge in [-0.3, -0.25) is 15.1 Å². The molecule has 0 aliphatic rings. The summed E-state index contributed by atoms with van der Waals surface area (Å²) >= 11 is 0. The van der Waals surface area contributed by atoms with Crippen molar-refractivity contribution in [3.63, 3.8) is 0 Å². The van der Waals surface area contributed by atoms with Crippen LogP contribution in [0.4, 0.5) is 4.79 Å². The number of para-hydroxylation sites is 1. The van der Waals surface area contributed by atoms with Gasteiger partial charge in [-0.1, -0.05) is 32.0 Å². The lowest BCUT2D eigenvalue weighted by atomic mass is 10.0. The number of nitrogens with zero attached hydrogens (tertiary/aromatic N) is 1. The van der Waals surface area contributed by atoms with Crippen molar-refractivity contribution in [2.75, 3.05) is 26.9 Å². The first kappa shape index (κ1) is 20.3. The molecule has 2 rings (SSSR count). The van der Waals surface area contributed by atoms with Gasteiger partial charge in [0.2, 0.25) is 0 Å². The third kappa shape index (κ3) is 5.75. The Morgan fingerprint density at radius 1 is 1.19 bits per heavy atom. The van der Waals surface area contributed by atoms with Crippen molar-refractivity contribution in [1.29, 1.82) is 0 Å². The monoisotopic (exact) mass is 373 g/mol. The van der Waals surface area contributed by atoms with E-state index in [9.17, 15) is 14.4 Å². The number of amides is 3. The normalized spacial score (nSPS) is 10.7. The highest BCUT2D eigenvalue weighted by Crippen LogP contribution is 2.23. The van der Waals surface area contributed by atoms with E-state index in [0.29, 0.717) is 23.1 Å². The van der Waals surface area contributed by atoms with Crippen LogP contribution in [0.2, 0.25) is 0 Å². The van der Waals surface area contributed by atoms with E-state index in [1.165, 1.54) is 7.11 Å². The first-order valence-corrected chi connectivity index (χ1v) is 8.55. The number of benzene rings is 1. The SMILES string of the molecule is COCCNC(=O)NC(=O)COC(=O)c1cc(C(C)C)nc2ccccc12. The van der Waals surface area contributed by atoms with Gasteiger partial charge in [-0.2, -0.15) is 0 Å². The van der Waals surface area contributed by atoms with Crippen molar-refractivity contribution in [2.24, 2.45) is 0 Å². The van der Waals surface area contributed by atoms with Crippen LogP contribution in [0.1, 0.15) is 35.8 Å². The quantitative estimate of drug-likeness (QED) is 0.568. The van der Waals surface area contributed by atoms with Gasteiger partial charge in [0.1, 0.15) is 0 Å². The number of imide groups is 1. The van der Waals surface area contributed by atoms with E-state index in [4.69, 9.17) is 9.47 Å². The van der Waals surface area contributed by atoms with Gasteiger partial charge in [0.25, 0.3) is 5.91 Å². The maximum atomic E-state index is 12.5. The van der Waals surface area contributed by atoms with E-state index in [1.807, 2.05) is 26.0 Å². The van der Waals surface area contributed by atoms with Crippen LogP contribution in [0, 0.1) is 0 Å². The molecular weight excluding hydrogens is 350 g/mol. The lowest BCUT2D eigenvalue weighted by Gasteiger charge is -2.11. The Balaban J connectivity index is 2.03. The maximum absolute atomic E-state index is 12.5. The van der Waals surface area contributed by atoms with Gasteiger partial charge in [-0.15, -0.1) is 0 Å². The number of nitrogens with one attached hydrogen (secondary N) is 2. The zero-order chi connectivity index (χ0) is 19.8. The predicted octanol–water partition coefficient (Wildman–Crippen LogP) is 1.99. The molecule has 0 aliphatic heterocycles. The van der Waals surface area contributed by atoms with Crippen molar-refractivity contribution in [3.8, 4) is 0 Å². The molecular formula is C19H23N3O5. The number of hydrogen-bond acceptors (Lipinski definition) is 6. The molecule has 1 aromatic heterocycles. The Hall–Kier alpha value is -3.00. The van der Waals surface area contributed by atoms with E-state index in [1.54, 1.807) is 18.2 Å². The van der Waals surface area contributed by atoms with Crippen LogP contribution in [0.3, 0.4) is 0 Å². The molecule has 0 radical (unpaired) electrons. The number of aromatic nitrogens is 1. The van der Waals surface area contributed by atoms with Gasteiger partial charge in [0, 0.05) is 24.7 Å². The highest BCUT2D eigenvalue weighted by atomic mass is 16.5.